The number of rotatable bonds is 5. The summed E-state index contributed by atoms with van der Waals surface area (Å²) in [5, 5.41) is 12.2. The van der Waals surface area contributed by atoms with Crippen molar-refractivity contribution in [2.75, 3.05) is 0 Å². The number of aromatic amines is 1. The van der Waals surface area contributed by atoms with Crippen molar-refractivity contribution in [2.24, 2.45) is 0 Å². The van der Waals surface area contributed by atoms with Crippen LogP contribution in [0.2, 0.25) is 0 Å². The third-order valence-corrected chi connectivity index (χ3v) is 6.19. The summed E-state index contributed by atoms with van der Waals surface area (Å²) >= 11 is 0. The highest BCUT2D eigenvalue weighted by molar-refractivity contribution is 6.46. The van der Waals surface area contributed by atoms with Gasteiger partial charge in [0.1, 0.15) is 5.76 Å². The predicted molar refractivity (Wildman–Crippen MR) is 126 cm³/mol. The Labute approximate surface area is 191 Å². The maximum Gasteiger partial charge on any atom is 0.295 e. The minimum absolute atomic E-state index is 0.100. The predicted octanol–water partition coefficient (Wildman–Crippen LogP) is 4.75. The fourth-order valence-electron chi connectivity index (χ4n) is 4.43. The molecule has 4 aromatic rings. The number of pyridine rings is 1. The number of hydrogen-bond donors (Lipinski definition) is 2. The molecular weight excluding hydrogens is 414 g/mol. The van der Waals surface area contributed by atoms with Crippen molar-refractivity contribution in [3.8, 4) is 0 Å². The van der Waals surface area contributed by atoms with Gasteiger partial charge in [-0.2, -0.15) is 0 Å². The lowest BCUT2D eigenvalue weighted by Crippen LogP contribution is -2.29. The second kappa shape index (κ2) is 8.39. The number of H-pyrrole nitrogens is 1. The summed E-state index contributed by atoms with van der Waals surface area (Å²) in [6.45, 7) is 2.28. The number of carbonyl (C=O) groups excluding carboxylic acids is 2. The Morgan fingerprint density at radius 1 is 1.00 bits per heavy atom. The fraction of sp³-hybridized carbons (Fsp3) is 0.148. The number of ketones is 1. The molecule has 33 heavy (non-hydrogen) atoms. The molecule has 1 atom stereocenters. The number of nitrogens with zero attached hydrogens (tertiary/aromatic N) is 2. The van der Waals surface area contributed by atoms with E-state index in [4.69, 9.17) is 0 Å². The standard InChI is InChI=1S/C27H23N3O3/c1-2-17-7-9-19(10-8-17)25(31)23-24(21-15-29-22-6-4-3-5-20(21)22)30(27(33)26(23)32)16-18-11-13-28-14-12-18/h3-15,24,29,31H,2,16H2,1H3/b25-23+. The van der Waals surface area contributed by atoms with E-state index in [0.717, 1.165) is 34.0 Å². The van der Waals surface area contributed by atoms with E-state index < -0.39 is 17.7 Å². The van der Waals surface area contributed by atoms with Crippen LogP contribution in [0, 0.1) is 0 Å². The molecule has 1 aliphatic heterocycles. The van der Waals surface area contributed by atoms with E-state index in [-0.39, 0.29) is 17.9 Å². The van der Waals surface area contributed by atoms with Crippen LogP contribution in [0.4, 0.5) is 0 Å². The van der Waals surface area contributed by atoms with Crippen molar-refractivity contribution in [1.82, 2.24) is 14.9 Å². The average Bonchev–Trinajstić information content (AvgIpc) is 3.38. The highest BCUT2D eigenvalue weighted by Gasteiger charge is 2.46. The number of benzene rings is 2. The number of amides is 1. The van der Waals surface area contributed by atoms with Gasteiger partial charge >= 0.3 is 0 Å². The van der Waals surface area contributed by atoms with Gasteiger partial charge in [0, 0.05) is 47.2 Å². The number of carbonyl (C=O) groups is 2. The lowest BCUT2D eigenvalue weighted by Gasteiger charge is -2.25. The molecule has 0 radical (unpaired) electrons. The quantitative estimate of drug-likeness (QED) is 0.268. The summed E-state index contributed by atoms with van der Waals surface area (Å²) in [5.74, 6) is -1.48. The number of hydrogen-bond acceptors (Lipinski definition) is 4. The molecule has 2 N–H and O–H groups in total. The molecule has 2 aromatic heterocycles. The maximum absolute atomic E-state index is 13.3. The summed E-state index contributed by atoms with van der Waals surface area (Å²) < 4.78 is 0. The first-order chi connectivity index (χ1) is 16.1. The molecule has 1 unspecified atom stereocenters. The number of Topliss-reactive ketones (excluding diaryl/α,β-unsaturated/α-hetero) is 1. The molecule has 164 valence electrons. The zero-order chi connectivity index (χ0) is 22.9. The summed E-state index contributed by atoms with van der Waals surface area (Å²) in [7, 11) is 0. The van der Waals surface area contributed by atoms with Gasteiger partial charge in [0.15, 0.2) is 0 Å². The first kappa shape index (κ1) is 20.7. The van der Waals surface area contributed by atoms with E-state index in [1.807, 2.05) is 54.7 Å². The van der Waals surface area contributed by atoms with Gasteiger partial charge in [0.25, 0.3) is 11.7 Å². The fourth-order valence-corrected chi connectivity index (χ4v) is 4.43. The van der Waals surface area contributed by atoms with Crippen molar-refractivity contribution < 1.29 is 14.7 Å². The van der Waals surface area contributed by atoms with E-state index in [1.165, 1.54) is 4.90 Å². The Kier molecular flexibility index (Phi) is 5.26. The van der Waals surface area contributed by atoms with Crippen LogP contribution < -0.4 is 0 Å². The summed E-state index contributed by atoms with van der Waals surface area (Å²) in [4.78, 5) is 35.3. The monoisotopic (exact) mass is 437 g/mol. The second-order valence-corrected chi connectivity index (χ2v) is 8.12. The van der Waals surface area contributed by atoms with Crippen molar-refractivity contribution in [1.29, 1.82) is 0 Å². The van der Waals surface area contributed by atoms with E-state index in [1.54, 1.807) is 24.5 Å². The van der Waals surface area contributed by atoms with Crippen LogP contribution in [0.3, 0.4) is 0 Å². The summed E-state index contributed by atoms with van der Waals surface area (Å²) in [6, 6.07) is 18.1. The lowest BCUT2D eigenvalue weighted by atomic mass is 9.94. The first-order valence-electron chi connectivity index (χ1n) is 10.9. The van der Waals surface area contributed by atoms with Gasteiger partial charge in [-0.15, -0.1) is 0 Å². The molecule has 6 nitrogen and oxygen atoms in total. The van der Waals surface area contributed by atoms with Gasteiger partial charge in [-0.05, 0) is 35.7 Å². The van der Waals surface area contributed by atoms with Gasteiger partial charge in [-0.1, -0.05) is 49.4 Å². The Balaban J connectivity index is 1.69. The van der Waals surface area contributed by atoms with E-state index in [2.05, 4.69) is 16.9 Å². The average molecular weight is 437 g/mol. The van der Waals surface area contributed by atoms with Crippen LogP contribution in [0.1, 0.15) is 35.2 Å². The number of para-hydroxylation sites is 1. The highest BCUT2D eigenvalue weighted by Crippen LogP contribution is 2.42. The topological polar surface area (TPSA) is 86.3 Å². The van der Waals surface area contributed by atoms with Crippen LogP contribution >= 0.6 is 0 Å². The Hall–Kier alpha value is -4.19. The number of aromatic nitrogens is 2. The normalized spacial score (nSPS) is 17.7. The minimum atomic E-state index is -0.722. The molecule has 0 bridgehead atoms. The minimum Gasteiger partial charge on any atom is -0.507 e. The molecule has 2 aromatic carbocycles. The van der Waals surface area contributed by atoms with Crippen molar-refractivity contribution in [3.05, 3.63) is 107 Å². The third kappa shape index (κ3) is 3.59. The molecule has 1 amide bonds. The third-order valence-electron chi connectivity index (χ3n) is 6.19. The number of aryl methyl sites for hydroxylation is 1. The largest absolute Gasteiger partial charge is 0.507 e. The van der Waals surface area contributed by atoms with E-state index >= 15 is 0 Å². The number of fused-ring (bicyclic) bond motifs is 1. The molecule has 0 saturated carbocycles. The molecule has 1 aliphatic rings. The van der Waals surface area contributed by atoms with Crippen LogP contribution in [0.25, 0.3) is 16.7 Å². The number of aliphatic hydroxyl groups is 1. The number of likely N-dealkylation sites (tertiary alicyclic amines) is 1. The number of aliphatic hydroxyl groups excluding tert-OH is 1. The molecule has 3 heterocycles. The maximum atomic E-state index is 13.3. The van der Waals surface area contributed by atoms with Gasteiger partial charge in [-0.3, -0.25) is 14.6 Å². The van der Waals surface area contributed by atoms with Crippen molar-refractivity contribution >= 4 is 28.4 Å². The molecule has 1 saturated heterocycles. The molecular formula is C27H23N3O3. The Bertz CT molecular complexity index is 1370. The summed E-state index contributed by atoms with van der Waals surface area (Å²) in [6.07, 6.45) is 5.99. The Morgan fingerprint density at radius 2 is 1.73 bits per heavy atom. The molecule has 6 heteroatoms. The van der Waals surface area contributed by atoms with Gasteiger partial charge in [-0.25, -0.2) is 0 Å². The molecule has 0 aliphatic carbocycles. The summed E-state index contributed by atoms with van der Waals surface area (Å²) in [5.41, 5.74) is 4.25. The smallest absolute Gasteiger partial charge is 0.295 e. The molecule has 5 rings (SSSR count). The van der Waals surface area contributed by atoms with Crippen molar-refractivity contribution in [3.63, 3.8) is 0 Å². The van der Waals surface area contributed by atoms with E-state index in [9.17, 15) is 14.7 Å². The second-order valence-electron chi connectivity index (χ2n) is 8.12. The Morgan fingerprint density at radius 3 is 2.45 bits per heavy atom. The SMILES string of the molecule is CCc1ccc(/C(O)=C2\C(=O)C(=O)N(Cc3ccncc3)C2c2c[nH]c3ccccc23)cc1. The van der Waals surface area contributed by atoms with Crippen molar-refractivity contribution in [2.45, 2.75) is 25.9 Å². The zero-order valence-electron chi connectivity index (χ0n) is 18.2. The first-order valence-corrected chi connectivity index (χ1v) is 10.9. The van der Waals surface area contributed by atoms with Gasteiger partial charge in [0.05, 0.1) is 11.6 Å². The van der Waals surface area contributed by atoms with Gasteiger partial charge in [0.2, 0.25) is 0 Å². The van der Waals surface area contributed by atoms with Crippen LogP contribution in [0.15, 0.2) is 84.8 Å². The molecule has 0 spiro atoms. The van der Waals surface area contributed by atoms with Crippen LogP contribution in [-0.4, -0.2) is 31.7 Å². The van der Waals surface area contributed by atoms with Crippen LogP contribution in [-0.2, 0) is 22.6 Å². The zero-order valence-corrected chi connectivity index (χ0v) is 18.2. The highest BCUT2D eigenvalue weighted by atomic mass is 16.3. The lowest BCUT2D eigenvalue weighted by molar-refractivity contribution is -0.140. The van der Waals surface area contributed by atoms with E-state index in [0.29, 0.717) is 5.56 Å². The van der Waals surface area contributed by atoms with Gasteiger partial charge < -0.3 is 15.0 Å². The van der Waals surface area contributed by atoms with Crippen LogP contribution in [0.5, 0.6) is 0 Å². The molecule has 1 fully saturated rings. The number of nitrogens with one attached hydrogen (secondary N) is 1.